The fourth-order valence-corrected chi connectivity index (χ4v) is 4.57. The molecule has 2 aliphatic rings. The fraction of sp³-hybridized carbons (Fsp3) is 0.333. The topological polar surface area (TPSA) is 23.6 Å². The maximum atomic E-state index is 12.3. The number of amides is 1. The third-order valence-electron chi connectivity index (χ3n) is 4.52. The number of para-hydroxylation sites is 1. The maximum absolute atomic E-state index is 12.3. The normalized spacial score (nSPS) is 23.3. The summed E-state index contributed by atoms with van der Waals surface area (Å²) in [5.74, 6) is 0.00956. The van der Waals surface area contributed by atoms with Crippen LogP contribution in [-0.2, 0) is 10.2 Å². The summed E-state index contributed by atoms with van der Waals surface area (Å²) in [7, 11) is 2.07. The Bertz CT molecular complexity index is 749. The number of likely N-dealkylation sites (N-methyl/N-ethyl adjacent to an activating group) is 2. The van der Waals surface area contributed by atoms with E-state index in [9.17, 15) is 4.79 Å². The predicted octanol–water partition coefficient (Wildman–Crippen LogP) is 4.06. The number of benzene rings is 1. The zero-order chi connectivity index (χ0) is 16.8. The summed E-state index contributed by atoms with van der Waals surface area (Å²) in [6.07, 6.45) is 3.97. The average molecular weight is 345 g/mol. The summed E-state index contributed by atoms with van der Waals surface area (Å²) in [5, 5.41) is 0. The van der Waals surface area contributed by atoms with Crippen molar-refractivity contribution in [2.75, 3.05) is 18.5 Å². The molecule has 2 heterocycles. The molecule has 120 valence electrons. The second-order valence-corrected chi connectivity index (χ2v) is 7.88. The summed E-state index contributed by atoms with van der Waals surface area (Å²) in [6.45, 7) is 6.99. The maximum Gasteiger partial charge on any atom is 0.266 e. The Morgan fingerprint density at radius 3 is 2.57 bits per heavy atom. The third kappa shape index (κ3) is 2.52. The third-order valence-corrected chi connectivity index (χ3v) is 5.92. The van der Waals surface area contributed by atoms with E-state index >= 15 is 0 Å². The summed E-state index contributed by atoms with van der Waals surface area (Å²) < 4.78 is 0.643. The Hall–Kier alpha value is -1.59. The molecular weight excluding hydrogens is 324 g/mol. The standard InChI is InChI=1S/C18H20N2OS2/c1-5-20-16(21)14(23-17(20)22)10-11-15-18(2,3)12-8-6-7-9-13(12)19(15)4/h6-11H,5H2,1-4H3/b14-10-,15-11+. The number of carbonyl (C=O) groups is 1. The molecule has 0 N–H and O–H groups in total. The zero-order valence-corrected chi connectivity index (χ0v) is 15.4. The Morgan fingerprint density at radius 2 is 1.96 bits per heavy atom. The number of anilines is 1. The molecule has 1 saturated heterocycles. The van der Waals surface area contributed by atoms with Crippen molar-refractivity contribution >= 4 is 39.9 Å². The van der Waals surface area contributed by atoms with Crippen LogP contribution in [0.1, 0.15) is 26.3 Å². The molecule has 0 aromatic heterocycles. The molecule has 0 spiro atoms. The fourth-order valence-electron chi connectivity index (χ4n) is 3.24. The highest BCUT2D eigenvalue weighted by Gasteiger charge is 2.38. The number of carbonyl (C=O) groups excluding carboxylic acids is 1. The van der Waals surface area contributed by atoms with Gasteiger partial charge in [0.1, 0.15) is 4.32 Å². The van der Waals surface area contributed by atoms with Crippen LogP contribution in [0.3, 0.4) is 0 Å². The first kappa shape index (κ1) is 16.3. The van der Waals surface area contributed by atoms with E-state index in [1.807, 2.05) is 13.0 Å². The minimum absolute atomic E-state index is 0.00956. The Labute approximate surface area is 147 Å². The lowest BCUT2D eigenvalue weighted by Gasteiger charge is -2.23. The van der Waals surface area contributed by atoms with Crippen molar-refractivity contribution in [2.24, 2.45) is 0 Å². The van der Waals surface area contributed by atoms with E-state index in [2.05, 4.69) is 56.1 Å². The molecule has 0 saturated carbocycles. The molecule has 1 aromatic rings. The number of allylic oxidation sites excluding steroid dienone is 3. The molecule has 5 heteroatoms. The Kier molecular flexibility index (Phi) is 4.10. The molecule has 0 aliphatic carbocycles. The van der Waals surface area contributed by atoms with Crippen LogP contribution >= 0.6 is 24.0 Å². The first-order chi connectivity index (χ1) is 10.9. The van der Waals surface area contributed by atoms with Crippen LogP contribution in [0.15, 0.2) is 47.0 Å². The van der Waals surface area contributed by atoms with Crippen molar-refractivity contribution in [3.8, 4) is 0 Å². The van der Waals surface area contributed by atoms with Gasteiger partial charge in [-0.05, 0) is 30.7 Å². The van der Waals surface area contributed by atoms with Gasteiger partial charge in [0.2, 0.25) is 0 Å². The van der Waals surface area contributed by atoms with Crippen LogP contribution in [0.5, 0.6) is 0 Å². The molecule has 0 unspecified atom stereocenters. The van der Waals surface area contributed by atoms with Crippen molar-refractivity contribution in [1.82, 2.24) is 4.90 Å². The summed E-state index contributed by atoms with van der Waals surface area (Å²) >= 11 is 6.64. The number of thioether (sulfide) groups is 1. The van der Waals surface area contributed by atoms with Gasteiger partial charge >= 0.3 is 0 Å². The molecule has 2 aliphatic heterocycles. The van der Waals surface area contributed by atoms with Gasteiger partial charge in [-0.2, -0.15) is 0 Å². The van der Waals surface area contributed by atoms with Gasteiger partial charge in [0, 0.05) is 30.4 Å². The number of hydrogen-bond acceptors (Lipinski definition) is 4. The van der Waals surface area contributed by atoms with E-state index in [0.717, 1.165) is 0 Å². The van der Waals surface area contributed by atoms with Crippen LogP contribution in [0.2, 0.25) is 0 Å². The van der Waals surface area contributed by atoms with Gasteiger partial charge in [-0.1, -0.05) is 56.0 Å². The highest BCUT2D eigenvalue weighted by atomic mass is 32.2. The van der Waals surface area contributed by atoms with Crippen molar-refractivity contribution in [3.63, 3.8) is 0 Å². The SMILES string of the molecule is CCN1C(=O)/C(=C/C=C2/N(C)c3ccccc3C2(C)C)SC1=S. The van der Waals surface area contributed by atoms with Gasteiger partial charge in [0.25, 0.3) is 5.91 Å². The van der Waals surface area contributed by atoms with Crippen molar-refractivity contribution in [2.45, 2.75) is 26.2 Å². The predicted molar refractivity (Wildman–Crippen MR) is 102 cm³/mol. The largest absolute Gasteiger partial charge is 0.347 e. The minimum atomic E-state index is -0.0837. The van der Waals surface area contributed by atoms with E-state index in [1.54, 1.807) is 4.90 Å². The molecule has 1 aromatic carbocycles. The molecule has 1 fully saturated rings. The number of nitrogens with zero attached hydrogens (tertiary/aromatic N) is 2. The van der Waals surface area contributed by atoms with Gasteiger partial charge in [-0.15, -0.1) is 0 Å². The van der Waals surface area contributed by atoms with Gasteiger partial charge in [0.05, 0.1) is 4.91 Å². The Morgan fingerprint density at radius 1 is 1.26 bits per heavy atom. The highest BCUT2D eigenvalue weighted by Crippen LogP contribution is 2.46. The van der Waals surface area contributed by atoms with Crippen LogP contribution in [0.25, 0.3) is 0 Å². The Balaban J connectivity index is 1.97. The summed E-state index contributed by atoms with van der Waals surface area (Å²) in [6, 6.07) is 8.43. The van der Waals surface area contributed by atoms with Crippen molar-refractivity contribution in [1.29, 1.82) is 0 Å². The molecular formula is C18H20N2OS2. The van der Waals surface area contributed by atoms with E-state index in [0.29, 0.717) is 15.8 Å². The lowest BCUT2D eigenvalue weighted by Crippen LogP contribution is -2.27. The highest BCUT2D eigenvalue weighted by molar-refractivity contribution is 8.26. The van der Waals surface area contributed by atoms with Crippen molar-refractivity contribution in [3.05, 3.63) is 52.6 Å². The van der Waals surface area contributed by atoms with E-state index in [1.165, 1.54) is 28.7 Å². The van der Waals surface area contributed by atoms with Crippen LogP contribution < -0.4 is 4.90 Å². The van der Waals surface area contributed by atoms with Gasteiger partial charge in [0.15, 0.2) is 0 Å². The average Bonchev–Trinajstić information content (AvgIpc) is 2.90. The van der Waals surface area contributed by atoms with E-state index < -0.39 is 0 Å². The molecule has 0 bridgehead atoms. The van der Waals surface area contributed by atoms with E-state index in [-0.39, 0.29) is 11.3 Å². The number of rotatable bonds is 2. The molecule has 0 radical (unpaired) electrons. The van der Waals surface area contributed by atoms with Crippen LogP contribution in [0, 0.1) is 0 Å². The molecule has 23 heavy (non-hydrogen) atoms. The molecule has 1 amide bonds. The van der Waals surface area contributed by atoms with Crippen LogP contribution in [-0.4, -0.2) is 28.7 Å². The summed E-state index contributed by atoms with van der Waals surface area (Å²) in [4.78, 5) is 16.9. The number of thiocarbonyl (C=S) groups is 1. The number of hydrogen-bond donors (Lipinski definition) is 0. The monoisotopic (exact) mass is 344 g/mol. The zero-order valence-electron chi connectivity index (χ0n) is 13.8. The lowest BCUT2D eigenvalue weighted by molar-refractivity contribution is -0.122. The first-order valence-corrected chi connectivity index (χ1v) is 8.89. The van der Waals surface area contributed by atoms with Gasteiger partial charge in [-0.25, -0.2) is 0 Å². The number of fused-ring (bicyclic) bond motifs is 1. The minimum Gasteiger partial charge on any atom is -0.347 e. The quantitative estimate of drug-likeness (QED) is 0.596. The van der Waals surface area contributed by atoms with E-state index in [4.69, 9.17) is 12.2 Å². The van der Waals surface area contributed by atoms with Crippen molar-refractivity contribution < 1.29 is 4.79 Å². The smallest absolute Gasteiger partial charge is 0.266 e. The second-order valence-electron chi connectivity index (χ2n) is 6.20. The molecule has 3 rings (SSSR count). The van der Waals surface area contributed by atoms with Crippen LogP contribution in [0.4, 0.5) is 5.69 Å². The molecule has 3 nitrogen and oxygen atoms in total. The summed E-state index contributed by atoms with van der Waals surface area (Å²) in [5.41, 5.74) is 3.63. The molecule has 0 atom stereocenters. The van der Waals surface area contributed by atoms with Gasteiger partial charge in [-0.3, -0.25) is 9.69 Å². The van der Waals surface area contributed by atoms with Gasteiger partial charge < -0.3 is 4.90 Å². The first-order valence-electron chi connectivity index (χ1n) is 7.67. The lowest BCUT2D eigenvalue weighted by atomic mass is 9.84. The second kappa shape index (κ2) is 5.80.